The summed E-state index contributed by atoms with van der Waals surface area (Å²) in [4.78, 5) is 11.3. The lowest BCUT2D eigenvalue weighted by Crippen LogP contribution is -2.05. The van der Waals surface area contributed by atoms with Crippen LogP contribution in [0.1, 0.15) is 11.1 Å². The summed E-state index contributed by atoms with van der Waals surface area (Å²) in [6.07, 6.45) is 0. The number of hydrogen-bond donors (Lipinski definition) is 1. The van der Waals surface area contributed by atoms with Crippen LogP contribution in [0, 0.1) is 13.8 Å². The van der Waals surface area contributed by atoms with Crippen LogP contribution in [0.25, 0.3) is 11.0 Å². The van der Waals surface area contributed by atoms with Crippen molar-refractivity contribution in [3.63, 3.8) is 0 Å². The number of aromatic hydroxyl groups is 1. The zero-order valence-electron chi connectivity index (χ0n) is 8.00. The van der Waals surface area contributed by atoms with Crippen molar-refractivity contribution in [1.29, 1.82) is 0 Å². The summed E-state index contributed by atoms with van der Waals surface area (Å²) in [5.74, 6) is 0.00250. The second-order valence-corrected chi connectivity index (χ2v) is 3.29. The fourth-order valence-corrected chi connectivity index (χ4v) is 1.45. The first-order chi connectivity index (χ1) is 6.61. The molecule has 1 heterocycles. The smallest absolute Gasteiger partial charge is 0.339 e. The topological polar surface area (TPSA) is 50.4 Å². The molecule has 0 fully saturated rings. The molecule has 0 bridgehead atoms. The van der Waals surface area contributed by atoms with Gasteiger partial charge in [0.15, 0.2) is 11.3 Å². The second kappa shape index (κ2) is 2.87. The lowest BCUT2D eigenvalue weighted by molar-refractivity contribution is 0.456. The van der Waals surface area contributed by atoms with Crippen LogP contribution in [0.5, 0.6) is 5.75 Å². The van der Waals surface area contributed by atoms with Crippen molar-refractivity contribution in [3.8, 4) is 5.75 Å². The van der Waals surface area contributed by atoms with Crippen LogP contribution in [-0.4, -0.2) is 5.11 Å². The minimum absolute atomic E-state index is 0.00250. The number of fused-ring (bicyclic) bond motifs is 1. The van der Waals surface area contributed by atoms with E-state index in [1.807, 2.05) is 13.0 Å². The van der Waals surface area contributed by atoms with Gasteiger partial charge in [-0.2, -0.15) is 0 Å². The van der Waals surface area contributed by atoms with E-state index in [4.69, 9.17) is 4.42 Å². The quantitative estimate of drug-likeness (QED) is 0.647. The Labute approximate surface area is 80.6 Å². The van der Waals surface area contributed by atoms with Gasteiger partial charge in [-0.3, -0.25) is 0 Å². The highest BCUT2D eigenvalue weighted by Crippen LogP contribution is 2.26. The fraction of sp³-hybridized carbons (Fsp3) is 0.182. The molecule has 3 heteroatoms. The zero-order valence-corrected chi connectivity index (χ0v) is 8.00. The second-order valence-electron chi connectivity index (χ2n) is 3.29. The average Bonchev–Trinajstić information content (AvgIpc) is 2.17. The van der Waals surface area contributed by atoms with E-state index in [1.165, 1.54) is 6.07 Å². The van der Waals surface area contributed by atoms with Gasteiger partial charge in [0, 0.05) is 10.9 Å². The first-order valence-corrected chi connectivity index (χ1v) is 4.33. The Bertz CT molecular complexity index is 552. The largest absolute Gasteiger partial charge is 0.504 e. The van der Waals surface area contributed by atoms with Gasteiger partial charge in [-0.1, -0.05) is 12.1 Å². The number of phenolic OH excluding ortho intramolecular Hbond substituents is 1. The fourth-order valence-electron chi connectivity index (χ4n) is 1.45. The van der Waals surface area contributed by atoms with E-state index in [-0.39, 0.29) is 11.3 Å². The van der Waals surface area contributed by atoms with Gasteiger partial charge >= 0.3 is 5.63 Å². The van der Waals surface area contributed by atoms with Crippen LogP contribution in [0.4, 0.5) is 0 Å². The highest BCUT2D eigenvalue weighted by molar-refractivity contribution is 5.85. The predicted octanol–water partition coefficient (Wildman–Crippen LogP) is 2.12. The lowest BCUT2D eigenvalue weighted by atomic mass is 10.1. The minimum atomic E-state index is -0.392. The number of para-hydroxylation sites is 1. The SMILES string of the molecule is Cc1c(C)c2cccc(O)c2oc1=O. The molecule has 0 unspecified atom stereocenters. The van der Waals surface area contributed by atoms with Gasteiger partial charge in [0.2, 0.25) is 0 Å². The molecule has 0 aliphatic carbocycles. The number of aryl methyl sites for hydroxylation is 1. The average molecular weight is 190 g/mol. The lowest BCUT2D eigenvalue weighted by Gasteiger charge is -2.04. The van der Waals surface area contributed by atoms with Crippen molar-refractivity contribution in [2.24, 2.45) is 0 Å². The Morgan fingerprint density at radius 3 is 2.64 bits per heavy atom. The summed E-state index contributed by atoms with van der Waals surface area (Å²) in [6.45, 7) is 3.55. The molecule has 1 N–H and O–H groups in total. The molecule has 72 valence electrons. The molecule has 0 saturated heterocycles. The summed E-state index contributed by atoms with van der Waals surface area (Å²) in [7, 11) is 0. The molecule has 2 aromatic rings. The molecule has 2 rings (SSSR count). The standard InChI is InChI=1S/C11H10O3/c1-6-7(2)11(13)14-10-8(6)4-3-5-9(10)12/h3-5,12H,1-2H3. The summed E-state index contributed by atoms with van der Waals surface area (Å²) < 4.78 is 5.00. The Morgan fingerprint density at radius 2 is 1.93 bits per heavy atom. The molecule has 0 spiro atoms. The zero-order chi connectivity index (χ0) is 10.3. The third-order valence-electron chi connectivity index (χ3n) is 2.46. The third-order valence-corrected chi connectivity index (χ3v) is 2.46. The van der Waals surface area contributed by atoms with Crippen LogP contribution in [0.3, 0.4) is 0 Å². The number of hydrogen-bond acceptors (Lipinski definition) is 3. The van der Waals surface area contributed by atoms with E-state index in [0.29, 0.717) is 5.56 Å². The van der Waals surface area contributed by atoms with Crippen LogP contribution < -0.4 is 5.63 Å². The Kier molecular flexibility index (Phi) is 1.81. The summed E-state index contributed by atoms with van der Waals surface area (Å²) in [5.41, 5.74) is 1.31. The highest BCUT2D eigenvalue weighted by Gasteiger charge is 2.09. The van der Waals surface area contributed by atoms with Crippen molar-refractivity contribution in [1.82, 2.24) is 0 Å². The predicted molar refractivity (Wildman–Crippen MR) is 53.6 cm³/mol. The van der Waals surface area contributed by atoms with Gasteiger partial charge in [0.05, 0.1) is 0 Å². The van der Waals surface area contributed by atoms with Crippen molar-refractivity contribution in [2.45, 2.75) is 13.8 Å². The molecule has 0 radical (unpaired) electrons. The minimum Gasteiger partial charge on any atom is -0.504 e. The van der Waals surface area contributed by atoms with Crippen molar-refractivity contribution in [2.75, 3.05) is 0 Å². The molecule has 1 aromatic heterocycles. The van der Waals surface area contributed by atoms with Crippen LogP contribution in [0.15, 0.2) is 27.4 Å². The first kappa shape index (κ1) is 8.81. The molecular weight excluding hydrogens is 180 g/mol. The van der Waals surface area contributed by atoms with E-state index in [1.54, 1.807) is 13.0 Å². The summed E-state index contributed by atoms with van der Waals surface area (Å²) in [5, 5.41) is 10.3. The van der Waals surface area contributed by atoms with Crippen LogP contribution >= 0.6 is 0 Å². The van der Waals surface area contributed by atoms with Crippen LogP contribution in [-0.2, 0) is 0 Å². The van der Waals surface area contributed by atoms with E-state index < -0.39 is 5.63 Å². The maximum absolute atomic E-state index is 11.3. The Balaban J connectivity index is 3.06. The van der Waals surface area contributed by atoms with Gasteiger partial charge in [0.1, 0.15) is 0 Å². The van der Waals surface area contributed by atoms with E-state index >= 15 is 0 Å². The molecule has 0 amide bonds. The van der Waals surface area contributed by atoms with Crippen molar-refractivity contribution < 1.29 is 9.52 Å². The van der Waals surface area contributed by atoms with Gasteiger partial charge in [-0.25, -0.2) is 4.79 Å². The molecule has 3 nitrogen and oxygen atoms in total. The summed E-state index contributed by atoms with van der Waals surface area (Å²) in [6, 6.07) is 5.05. The third kappa shape index (κ3) is 1.09. The van der Waals surface area contributed by atoms with Gasteiger partial charge < -0.3 is 9.52 Å². The normalized spacial score (nSPS) is 10.7. The highest BCUT2D eigenvalue weighted by atomic mass is 16.4. The van der Waals surface area contributed by atoms with E-state index in [0.717, 1.165) is 10.9 Å². The van der Waals surface area contributed by atoms with E-state index in [2.05, 4.69) is 0 Å². The maximum Gasteiger partial charge on any atom is 0.339 e. The maximum atomic E-state index is 11.3. The summed E-state index contributed by atoms with van der Waals surface area (Å²) >= 11 is 0. The van der Waals surface area contributed by atoms with Crippen molar-refractivity contribution >= 4 is 11.0 Å². The van der Waals surface area contributed by atoms with Gasteiger partial charge in [-0.05, 0) is 25.5 Å². The number of rotatable bonds is 0. The molecule has 0 atom stereocenters. The van der Waals surface area contributed by atoms with Gasteiger partial charge in [-0.15, -0.1) is 0 Å². The molecule has 0 aliphatic heterocycles. The molecule has 14 heavy (non-hydrogen) atoms. The monoisotopic (exact) mass is 190 g/mol. The molecule has 0 aliphatic rings. The molecule has 1 aromatic carbocycles. The number of phenols is 1. The number of benzene rings is 1. The van der Waals surface area contributed by atoms with Gasteiger partial charge in [0.25, 0.3) is 0 Å². The first-order valence-electron chi connectivity index (χ1n) is 4.33. The molecule has 0 saturated carbocycles. The van der Waals surface area contributed by atoms with E-state index in [9.17, 15) is 9.90 Å². The molecular formula is C11H10O3. The Morgan fingerprint density at radius 1 is 1.21 bits per heavy atom. The van der Waals surface area contributed by atoms with Crippen molar-refractivity contribution in [3.05, 3.63) is 39.7 Å². The van der Waals surface area contributed by atoms with Crippen LogP contribution in [0.2, 0.25) is 0 Å². The Hall–Kier alpha value is -1.77.